The van der Waals surface area contributed by atoms with Gasteiger partial charge in [0.25, 0.3) is 5.79 Å². The Morgan fingerprint density at radius 2 is 1.28 bits per heavy atom. The monoisotopic (exact) mass is 959 g/mol. The Balaban J connectivity index is 2.25. The smallest absolute Gasteiger partial charge is 0.408 e. The molecule has 0 unspecified atom stereocenters. The third-order valence-corrected chi connectivity index (χ3v) is 11.3. The van der Waals surface area contributed by atoms with Crippen molar-refractivity contribution in [2.24, 2.45) is 0 Å². The number of methoxy groups -OCH3 is 1. The van der Waals surface area contributed by atoms with Crippen molar-refractivity contribution in [3.8, 4) is 0 Å². The molecule has 1 fully saturated rings. The van der Waals surface area contributed by atoms with E-state index < -0.39 is 84.7 Å². The summed E-state index contributed by atoms with van der Waals surface area (Å²) in [7, 11) is 1.19. The van der Waals surface area contributed by atoms with Crippen LogP contribution < -0.4 is 21.3 Å². The molecule has 0 aliphatic carbocycles. The number of halogens is 2. The summed E-state index contributed by atoms with van der Waals surface area (Å²) in [6.45, 7) is 13.6. The highest BCUT2D eigenvalue weighted by Gasteiger charge is 2.69. The van der Waals surface area contributed by atoms with E-state index in [0.29, 0.717) is 51.9 Å². The van der Waals surface area contributed by atoms with Crippen LogP contribution in [-0.2, 0) is 58.9 Å². The van der Waals surface area contributed by atoms with Gasteiger partial charge in [0.05, 0.1) is 19.8 Å². The van der Waals surface area contributed by atoms with Gasteiger partial charge in [-0.25, -0.2) is 9.59 Å². The van der Waals surface area contributed by atoms with Crippen molar-refractivity contribution >= 4 is 23.9 Å². The summed E-state index contributed by atoms with van der Waals surface area (Å²) in [5.41, 5.74) is 0.734. The van der Waals surface area contributed by atoms with Gasteiger partial charge in [-0.3, -0.25) is 9.59 Å². The highest BCUT2D eigenvalue weighted by molar-refractivity contribution is 5.92. The van der Waals surface area contributed by atoms with Crippen LogP contribution in [-0.4, -0.2) is 138 Å². The van der Waals surface area contributed by atoms with E-state index in [2.05, 4.69) is 21.3 Å². The molecule has 1 aromatic carbocycles. The number of hydrogen-bond donors (Lipinski definition) is 4. The minimum atomic E-state index is -3.67. The molecule has 386 valence electrons. The molecule has 1 saturated heterocycles. The maximum absolute atomic E-state index is 17.1. The number of ether oxygens (including phenoxy) is 8. The van der Waals surface area contributed by atoms with Gasteiger partial charge in [0.15, 0.2) is 0 Å². The van der Waals surface area contributed by atoms with Crippen LogP contribution in [0, 0.1) is 0 Å². The molecule has 0 aromatic heterocycles. The van der Waals surface area contributed by atoms with Crippen molar-refractivity contribution in [1.29, 1.82) is 0 Å². The standard InChI is InChI=1S/C49H84F2N4O12/c1-9-14-28-61-34-40-41(62-29-15-10-2)42(63-30-16-11-3)43(64-31-17-12-4)49(60-8,67-40)48(50,51)35-52-27-23-22-26-39(55-47(59)66-33-38-24-20-19-21-25-38)45(57)53-36(6)44(56)54-37(7)46(58)65-32-18-13-5/h19-21,24-25,36-37,39-43,52H,9-18,22-23,26-35H2,1-8H3,(H,53,57)(H,54,56)(H,55,59)/t36-,37-,39-,40+,41-,42-,43+,49+/m0/s1. The van der Waals surface area contributed by atoms with Gasteiger partial charge in [0, 0.05) is 33.5 Å². The second kappa shape index (κ2) is 33.9. The van der Waals surface area contributed by atoms with Crippen molar-refractivity contribution in [1.82, 2.24) is 21.3 Å². The zero-order valence-electron chi connectivity index (χ0n) is 41.6. The molecule has 67 heavy (non-hydrogen) atoms. The Morgan fingerprint density at radius 3 is 1.91 bits per heavy atom. The number of alkyl halides is 2. The topological polar surface area (TPSA) is 190 Å². The Hall–Kier alpha value is -3.52. The molecule has 16 nitrogen and oxygen atoms in total. The molecule has 0 spiro atoms. The zero-order chi connectivity index (χ0) is 49.5. The van der Waals surface area contributed by atoms with E-state index >= 15 is 8.78 Å². The number of carbonyl (C=O) groups is 4. The van der Waals surface area contributed by atoms with E-state index in [1.807, 2.05) is 40.7 Å². The lowest BCUT2D eigenvalue weighted by Gasteiger charge is -2.54. The van der Waals surface area contributed by atoms with E-state index in [0.717, 1.165) is 50.5 Å². The van der Waals surface area contributed by atoms with Gasteiger partial charge in [0.1, 0.15) is 49.1 Å². The van der Waals surface area contributed by atoms with Gasteiger partial charge in [-0.2, -0.15) is 8.78 Å². The third-order valence-electron chi connectivity index (χ3n) is 11.3. The second-order valence-electron chi connectivity index (χ2n) is 17.1. The average molecular weight is 959 g/mol. The Kier molecular flexibility index (Phi) is 30.1. The number of carbonyl (C=O) groups excluding carboxylic acids is 4. The number of rotatable bonds is 37. The fraction of sp³-hybridized carbons (Fsp3) is 0.796. The first-order chi connectivity index (χ1) is 32.2. The number of nitrogens with one attached hydrogen (secondary N) is 4. The van der Waals surface area contributed by atoms with Crippen LogP contribution in [0.5, 0.6) is 0 Å². The summed E-state index contributed by atoms with van der Waals surface area (Å²) < 4.78 is 82.1. The lowest BCUT2D eigenvalue weighted by atomic mass is 9.87. The summed E-state index contributed by atoms with van der Waals surface area (Å²) >= 11 is 0. The van der Waals surface area contributed by atoms with Crippen molar-refractivity contribution in [2.45, 2.75) is 193 Å². The molecular weight excluding hydrogens is 875 g/mol. The quantitative estimate of drug-likeness (QED) is 0.0389. The Labute approximate surface area is 398 Å². The summed E-state index contributed by atoms with van der Waals surface area (Å²) in [4.78, 5) is 51.8. The van der Waals surface area contributed by atoms with Crippen LogP contribution in [0.3, 0.4) is 0 Å². The predicted molar refractivity (Wildman–Crippen MR) is 251 cm³/mol. The molecule has 1 aliphatic heterocycles. The van der Waals surface area contributed by atoms with Gasteiger partial charge in [0.2, 0.25) is 11.8 Å². The number of hydrogen-bond acceptors (Lipinski definition) is 13. The van der Waals surface area contributed by atoms with Crippen LogP contribution in [0.2, 0.25) is 0 Å². The first kappa shape index (κ1) is 59.6. The van der Waals surface area contributed by atoms with Crippen LogP contribution in [0.4, 0.5) is 13.6 Å². The fourth-order valence-electron chi connectivity index (χ4n) is 7.17. The minimum absolute atomic E-state index is 0.0142. The molecule has 1 heterocycles. The molecule has 18 heteroatoms. The molecule has 2 rings (SSSR count). The minimum Gasteiger partial charge on any atom is -0.464 e. The molecule has 0 bridgehead atoms. The second-order valence-corrected chi connectivity index (χ2v) is 17.1. The Morgan fingerprint density at radius 1 is 0.701 bits per heavy atom. The first-order valence-corrected chi connectivity index (χ1v) is 24.7. The van der Waals surface area contributed by atoms with Crippen molar-refractivity contribution < 1.29 is 65.9 Å². The molecule has 8 atom stereocenters. The van der Waals surface area contributed by atoms with Gasteiger partial charge in [-0.1, -0.05) is 97.1 Å². The van der Waals surface area contributed by atoms with Gasteiger partial charge >= 0.3 is 18.0 Å². The van der Waals surface area contributed by atoms with Crippen LogP contribution in [0.15, 0.2) is 30.3 Å². The molecule has 0 radical (unpaired) electrons. The number of alkyl carbamates (subject to hydrolysis) is 1. The third kappa shape index (κ3) is 20.9. The number of esters is 1. The first-order valence-electron chi connectivity index (χ1n) is 24.7. The van der Waals surface area contributed by atoms with Gasteiger partial charge in [-0.05, 0) is 77.3 Å². The normalized spacial score (nSPS) is 20.9. The van der Waals surface area contributed by atoms with E-state index in [9.17, 15) is 19.2 Å². The summed E-state index contributed by atoms with van der Waals surface area (Å²) in [5.74, 6) is -8.17. The Bertz CT molecular complexity index is 1520. The molecule has 1 aromatic rings. The van der Waals surface area contributed by atoms with Crippen LogP contribution in [0.25, 0.3) is 0 Å². The van der Waals surface area contributed by atoms with E-state index in [4.69, 9.17) is 37.9 Å². The summed E-state index contributed by atoms with van der Waals surface area (Å²) in [5, 5.41) is 10.6. The number of benzene rings is 1. The van der Waals surface area contributed by atoms with Crippen LogP contribution >= 0.6 is 0 Å². The number of amides is 3. The maximum atomic E-state index is 17.1. The SMILES string of the molecule is CCCCOC[C@H]1O[C@@](OC)(C(F)(F)CNCCCC[C@H](NC(=O)OCc2ccccc2)C(=O)N[C@@H](C)C(=O)N[C@@H](C)C(=O)OCCCC)[C@H](OCCCC)[C@@H](OCCCC)[C@H]1OCCCC. The zero-order valence-corrected chi connectivity index (χ0v) is 41.6. The maximum Gasteiger partial charge on any atom is 0.408 e. The average Bonchev–Trinajstić information content (AvgIpc) is 3.31. The summed E-state index contributed by atoms with van der Waals surface area (Å²) in [6, 6.07) is 5.79. The largest absolute Gasteiger partial charge is 0.464 e. The van der Waals surface area contributed by atoms with Crippen LogP contribution in [0.1, 0.15) is 138 Å². The van der Waals surface area contributed by atoms with E-state index in [-0.39, 0.29) is 39.4 Å². The molecule has 1 aliphatic rings. The van der Waals surface area contributed by atoms with Crippen molar-refractivity contribution in [3.05, 3.63) is 35.9 Å². The number of unbranched alkanes of at least 4 members (excludes halogenated alkanes) is 6. The van der Waals surface area contributed by atoms with Crippen molar-refractivity contribution in [3.63, 3.8) is 0 Å². The highest BCUT2D eigenvalue weighted by Crippen LogP contribution is 2.45. The van der Waals surface area contributed by atoms with Crippen molar-refractivity contribution in [2.75, 3.05) is 59.8 Å². The lowest BCUT2D eigenvalue weighted by molar-refractivity contribution is -0.427. The van der Waals surface area contributed by atoms with Gasteiger partial charge in [-0.15, -0.1) is 0 Å². The molecular formula is C49H84F2N4O12. The predicted octanol–water partition coefficient (Wildman–Crippen LogP) is 7.14. The lowest BCUT2D eigenvalue weighted by Crippen LogP contribution is -2.75. The van der Waals surface area contributed by atoms with E-state index in [1.54, 1.807) is 24.3 Å². The van der Waals surface area contributed by atoms with Gasteiger partial charge < -0.3 is 59.2 Å². The molecule has 0 saturated carbocycles. The fourth-order valence-corrected chi connectivity index (χ4v) is 7.17. The molecule has 4 N–H and O–H groups in total. The highest BCUT2D eigenvalue weighted by atomic mass is 19.3. The summed E-state index contributed by atoms with van der Waals surface area (Å²) in [6.07, 6.45) is 3.53. The molecule has 3 amide bonds. The van der Waals surface area contributed by atoms with E-state index in [1.165, 1.54) is 21.0 Å².